The van der Waals surface area contributed by atoms with Gasteiger partial charge in [0.25, 0.3) is 16.6 Å². The lowest BCUT2D eigenvalue weighted by molar-refractivity contribution is -0.144. The molecule has 6 aromatic carbocycles. The second kappa shape index (κ2) is 20.9. The lowest BCUT2D eigenvalue weighted by Crippen LogP contribution is -2.69. The Morgan fingerprint density at radius 3 is 1.54 bits per heavy atom. The number of para-hydroxylation sites is 1. The van der Waals surface area contributed by atoms with Crippen molar-refractivity contribution in [2.24, 2.45) is 0 Å². The van der Waals surface area contributed by atoms with E-state index in [1.54, 1.807) is 6.08 Å². The van der Waals surface area contributed by atoms with Crippen molar-refractivity contribution in [3.8, 4) is 11.1 Å². The average molecular weight is 928 g/mol. The number of ether oxygens (including phenoxy) is 1. The fourth-order valence-electron chi connectivity index (χ4n) is 9.98. The molecular weight excluding hydrogens is 862 g/mol. The zero-order valence-corrected chi connectivity index (χ0v) is 42.4. The second-order valence-corrected chi connectivity index (χ2v) is 28.2. The molecule has 5 nitrogen and oxygen atoms in total. The fourth-order valence-corrected chi connectivity index (χ4v) is 19.3. The molecule has 8 heteroatoms. The molecule has 2 atom stereocenters. The van der Waals surface area contributed by atoms with Crippen LogP contribution in [0, 0.1) is 5.82 Å². The number of rotatable bonds is 18. The number of carbonyl (C=O) groups is 1. The molecule has 0 aliphatic heterocycles. The summed E-state index contributed by atoms with van der Waals surface area (Å²) in [6.07, 6.45) is 5.08. The summed E-state index contributed by atoms with van der Waals surface area (Å²) in [7, 11) is -6.45. The van der Waals surface area contributed by atoms with Gasteiger partial charge in [0.05, 0.1) is 18.6 Å². The van der Waals surface area contributed by atoms with Crippen LogP contribution in [0.5, 0.6) is 0 Å². The van der Waals surface area contributed by atoms with Crippen molar-refractivity contribution >= 4 is 60.3 Å². The maximum absolute atomic E-state index is 14.5. The Hall–Kier alpha value is -5.91. The molecule has 1 heterocycles. The number of fused-ring (bicyclic) bond motifs is 1. The minimum atomic E-state index is -3.23. The number of hydrogen-bond acceptors (Lipinski definition) is 4. The molecule has 0 saturated carbocycles. The van der Waals surface area contributed by atoms with Crippen LogP contribution in [0.2, 0.25) is 10.1 Å². The van der Waals surface area contributed by atoms with Gasteiger partial charge in [-0.2, -0.15) is 0 Å². The van der Waals surface area contributed by atoms with Gasteiger partial charge in [-0.05, 0) is 74.5 Å². The van der Waals surface area contributed by atoms with Crippen molar-refractivity contribution in [2.75, 3.05) is 6.61 Å². The van der Waals surface area contributed by atoms with Crippen molar-refractivity contribution in [3.63, 3.8) is 0 Å². The van der Waals surface area contributed by atoms with Gasteiger partial charge in [0, 0.05) is 34.6 Å². The van der Waals surface area contributed by atoms with E-state index in [0.29, 0.717) is 6.42 Å². The van der Waals surface area contributed by atoms with Gasteiger partial charge in [-0.25, -0.2) is 4.39 Å². The molecule has 7 rings (SSSR count). The van der Waals surface area contributed by atoms with Crippen LogP contribution in [0.4, 0.5) is 4.39 Å². The number of hydrogen-bond donors (Lipinski definition) is 0. The van der Waals surface area contributed by atoms with Gasteiger partial charge in [-0.15, -0.1) is 0 Å². The van der Waals surface area contributed by atoms with E-state index in [9.17, 15) is 9.18 Å². The van der Waals surface area contributed by atoms with Crippen LogP contribution in [0.15, 0.2) is 189 Å². The Morgan fingerprint density at radius 2 is 1.09 bits per heavy atom. The zero-order chi connectivity index (χ0) is 47.8. The third kappa shape index (κ3) is 10.3. The maximum atomic E-state index is 14.5. The summed E-state index contributed by atoms with van der Waals surface area (Å²) in [4.78, 5) is 14.1. The largest absolute Gasteiger partial charge is 0.461 e. The van der Waals surface area contributed by atoms with Crippen molar-refractivity contribution in [1.82, 2.24) is 4.57 Å². The van der Waals surface area contributed by atoms with Crippen LogP contribution in [-0.4, -0.2) is 46.0 Å². The second-order valence-electron chi connectivity index (χ2n) is 19.7. The van der Waals surface area contributed by atoms with E-state index < -0.39 is 28.8 Å². The van der Waals surface area contributed by atoms with Gasteiger partial charge in [0.1, 0.15) is 12.4 Å². The Morgan fingerprint density at radius 1 is 0.642 bits per heavy atom. The topological polar surface area (TPSA) is 49.7 Å². The standard InChI is InChI=1S/C59H66FNO4Si2/c1-10-41-63-56(62)43-48(65-67(59(7,8)9,51-29-19-13-20-30-51)52-31-21-14-22-32-52)42-47(64-66(58(4,5)6,49-25-15-11-16-26-49)50-27-17-12-18-28-50)39-40-55-57(45-35-37-46(60)38-36-45)53-33-23-24-34-54(53)61(55)44(2)3/h10-40,44,47-48H,1,41-43H2,2-9H3. The summed E-state index contributed by atoms with van der Waals surface area (Å²) in [5, 5.41) is 4.86. The smallest absolute Gasteiger partial charge is 0.308 e. The van der Waals surface area contributed by atoms with Crippen molar-refractivity contribution in [3.05, 3.63) is 200 Å². The number of carbonyl (C=O) groups excluding carboxylic acids is 1. The SMILES string of the molecule is C=CCOC(=O)CC(CC(C=Cc1c(-c2ccc(F)cc2)c2ccccc2n1C(C)C)O[Si](c1ccccc1)(c1ccccc1)C(C)(C)C)O[Si](c1ccccc1)(c1ccccc1)C(C)(C)C. The van der Waals surface area contributed by atoms with Gasteiger partial charge >= 0.3 is 5.97 Å². The van der Waals surface area contributed by atoms with Crippen LogP contribution in [0.1, 0.15) is 80.0 Å². The van der Waals surface area contributed by atoms with E-state index in [-0.39, 0.29) is 40.9 Å². The zero-order valence-electron chi connectivity index (χ0n) is 40.4. The highest BCUT2D eigenvalue weighted by Crippen LogP contribution is 2.42. The van der Waals surface area contributed by atoms with Gasteiger partial charge in [-0.3, -0.25) is 4.79 Å². The van der Waals surface area contributed by atoms with Crippen molar-refractivity contribution in [1.29, 1.82) is 0 Å². The number of benzene rings is 6. The number of nitrogens with zero attached hydrogens (tertiary/aromatic N) is 1. The molecule has 2 unspecified atom stereocenters. The molecule has 346 valence electrons. The predicted molar refractivity (Wildman–Crippen MR) is 282 cm³/mol. The molecular formula is C59H66FNO4Si2. The minimum absolute atomic E-state index is 0.000128. The molecule has 0 radical (unpaired) electrons. The van der Waals surface area contributed by atoms with Crippen molar-refractivity contribution < 1.29 is 22.8 Å². The maximum Gasteiger partial charge on any atom is 0.308 e. The number of esters is 1. The quantitative estimate of drug-likeness (QED) is 0.0489. The van der Waals surface area contributed by atoms with Gasteiger partial charge < -0.3 is 18.2 Å². The van der Waals surface area contributed by atoms with E-state index in [1.165, 1.54) is 12.1 Å². The number of aromatic nitrogens is 1. The van der Waals surface area contributed by atoms with Gasteiger partial charge in [0.15, 0.2) is 0 Å². The normalized spacial score (nSPS) is 13.5. The first-order chi connectivity index (χ1) is 32.1. The van der Waals surface area contributed by atoms with Crippen LogP contribution < -0.4 is 20.7 Å². The summed E-state index contributed by atoms with van der Waals surface area (Å²) >= 11 is 0. The first kappa shape index (κ1) is 49.0. The summed E-state index contributed by atoms with van der Waals surface area (Å²) in [6.45, 7) is 21.9. The highest BCUT2D eigenvalue weighted by molar-refractivity contribution is 7.00. The van der Waals surface area contributed by atoms with E-state index in [2.05, 4.69) is 212 Å². The lowest BCUT2D eigenvalue weighted by Gasteiger charge is -2.47. The molecule has 0 N–H and O–H groups in total. The Labute approximate surface area is 400 Å². The first-order valence-corrected chi connectivity index (χ1v) is 27.3. The van der Waals surface area contributed by atoms with E-state index >= 15 is 0 Å². The average Bonchev–Trinajstić information content (AvgIpc) is 3.65. The lowest BCUT2D eigenvalue weighted by atomic mass is 10.0. The molecule has 67 heavy (non-hydrogen) atoms. The fraction of sp³-hybridized carbons (Fsp3) is 0.271. The first-order valence-electron chi connectivity index (χ1n) is 23.5. The third-order valence-corrected chi connectivity index (χ3v) is 23.0. The van der Waals surface area contributed by atoms with Crippen LogP contribution >= 0.6 is 0 Å². The highest BCUT2D eigenvalue weighted by atomic mass is 28.4. The molecule has 7 aromatic rings. The van der Waals surface area contributed by atoms with Crippen LogP contribution in [-0.2, 0) is 18.4 Å². The van der Waals surface area contributed by atoms with Crippen molar-refractivity contribution in [2.45, 2.75) is 96.6 Å². The molecule has 0 amide bonds. The van der Waals surface area contributed by atoms with Crippen LogP contribution in [0.3, 0.4) is 0 Å². The highest BCUT2D eigenvalue weighted by Gasteiger charge is 2.54. The molecule has 0 saturated heterocycles. The molecule has 1 aromatic heterocycles. The Kier molecular flexibility index (Phi) is 15.3. The summed E-state index contributed by atoms with van der Waals surface area (Å²) < 4.78 is 38.7. The Balaban J connectivity index is 1.50. The minimum Gasteiger partial charge on any atom is -0.461 e. The van der Waals surface area contributed by atoms with Gasteiger partial charge in [0.2, 0.25) is 0 Å². The summed E-state index contributed by atoms with van der Waals surface area (Å²) in [5.41, 5.74) is 3.99. The van der Waals surface area contributed by atoms with E-state index in [0.717, 1.165) is 48.5 Å². The number of halogens is 1. The molecule has 0 aliphatic rings. The molecule has 0 fully saturated rings. The molecule has 0 bridgehead atoms. The predicted octanol–water partition coefficient (Wildman–Crippen LogP) is 12.4. The monoisotopic (exact) mass is 927 g/mol. The molecule has 0 aliphatic carbocycles. The van der Waals surface area contributed by atoms with E-state index in [1.807, 2.05) is 24.3 Å². The summed E-state index contributed by atoms with van der Waals surface area (Å²) in [5.74, 6) is -0.653. The summed E-state index contributed by atoms with van der Waals surface area (Å²) in [6, 6.07) is 57.7. The van der Waals surface area contributed by atoms with Gasteiger partial charge in [-0.1, -0.05) is 212 Å². The van der Waals surface area contributed by atoms with Crippen LogP contribution in [0.25, 0.3) is 28.1 Å². The Bertz CT molecular complexity index is 2660. The third-order valence-electron chi connectivity index (χ3n) is 12.8. The molecule has 0 spiro atoms. The van der Waals surface area contributed by atoms with E-state index in [4.69, 9.17) is 13.6 Å².